The number of likely N-dealkylation sites (tertiary alicyclic amines) is 1. The Hall–Kier alpha value is -1.98. The minimum Gasteiger partial charge on any atom is -0.368 e. The third-order valence-electron chi connectivity index (χ3n) is 5.42. The number of amides is 1. The van der Waals surface area contributed by atoms with E-state index in [0.29, 0.717) is 5.92 Å². The molecule has 2 aromatic carbocycles. The van der Waals surface area contributed by atoms with Gasteiger partial charge in [0, 0.05) is 13.0 Å². The van der Waals surface area contributed by atoms with Crippen molar-refractivity contribution < 1.29 is 13.6 Å². The van der Waals surface area contributed by atoms with E-state index in [1.165, 1.54) is 6.07 Å². The summed E-state index contributed by atoms with van der Waals surface area (Å²) in [5.74, 6) is -0.446. The second-order valence-electron chi connectivity index (χ2n) is 7.32. The molecule has 0 bridgehead atoms. The summed E-state index contributed by atoms with van der Waals surface area (Å²) >= 11 is 0. The molecule has 1 aliphatic carbocycles. The van der Waals surface area contributed by atoms with E-state index in [4.69, 9.17) is 5.73 Å². The van der Waals surface area contributed by atoms with Crippen LogP contribution in [-0.2, 0) is 4.79 Å². The molecule has 1 aliphatic heterocycles. The summed E-state index contributed by atoms with van der Waals surface area (Å²) in [6.45, 7) is 0.110. The van der Waals surface area contributed by atoms with E-state index < -0.39 is 24.2 Å². The first-order chi connectivity index (χ1) is 12.5. The Morgan fingerprint density at radius 2 is 1.81 bits per heavy atom. The molecule has 2 N–H and O–H groups in total. The van der Waals surface area contributed by atoms with Crippen molar-refractivity contribution in [1.82, 2.24) is 4.90 Å². The Kier molecular flexibility index (Phi) is 5.82. The summed E-state index contributed by atoms with van der Waals surface area (Å²) in [5.41, 5.74) is 7.89. The fourth-order valence-electron chi connectivity index (χ4n) is 4.02. The summed E-state index contributed by atoms with van der Waals surface area (Å²) in [4.78, 5) is 13.7. The third kappa shape index (κ3) is 3.99. The summed E-state index contributed by atoms with van der Waals surface area (Å²) in [5, 5.41) is 0. The van der Waals surface area contributed by atoms with Crippen molar-refractivity contribution in [1.29, 1.82) is 0 Å². The zero-order valence-electron chi connectivity index (χ0n) is 14.9. The zero-order chi connectivity index (χ0) is 18.3. The highest BCUT2D eigenvalue weighted by Crippen LogP contribution is 2.43. The Morgan fingerprint density at radius 3 is 2.41 bits per heavy atom. The van der Waals surface area contributed by atoms with E-state index in [0.717, 1.165) is 29.5 Å². The smallest absolute Gasteiger partial charge is 0.234 e. The molecule has 4 rings (SSSR count). The topological polar surface area (TPSA) is 46.3 Å². The lowest BCUT2D eigenvalue weighted by Crippen LogP contribution is -2.42. The molecular weight excluding hydrogens is 370 g/mol. The number of nitrogens with two attached hydrogens (primary N) is 1. The lowest BCUT2D eigenvalue weighted by atomic mass is 9.94. The maximum Gasteiger partial charge on any atom is 0.234 e. The number of carbonyl (C=O) groups is 1. The van der Waals surface area contributed by atoms with Crippen molar-refractivity contribution in [2.24, 2.45) is 5.73 Å². The molecule has 0 radical (unpaired) electrons. The first-order valence-corrected chi connectivity index (χ1v) is 9.08. The van der Waals surface area contributed by atoms with Gasteiger partial charge >= 0.3 is 0 Å². The zero-order valence-corrected chi connectivity index (χ0v) is 15.7. The number of primary amides is 1. The molecule has 2 aliphatic rings. The van der Waals surface area contributed by atoms with Gasteiger partial charge in [0.1, 0.15) is 12.0 Å². The predicted molar refractivity (Wildman–Crippen MR) is 103 cm³/mol. The molecule has 3 atom stereocenters. The van der Waals surface area contributed by atoms with Crippen molar-refractivity contribution in [3.05, 3.63) is 71.0 Å². The number of alkyl halides is 1. The Morgan fingerprint density at radius 1 is 1.11 bits per heavy atom. The van der Waals surface area contributed by atoms with Gasteiger partial charge in [-0.3, -0.25) is 9.69 Å². The molecular formula is C21H23ClF2N2O. The van der Waals surface area contributed by atoms with Gasteiger partial charge in [0.2, 0.25) is 5.91 Å². The molecule has 1 heterocycles. The minimum absolute atomic E-state index is 0. The minimum atomic E-state index is -1.12. The molecule has 2 fully saturated rings. The van der Waals surface area contributed by atoms with Crippen molar-refractivity contribution >= 4 is 18.3 Å². The van der Waals surface area contributed by atoms with E-state index in [2.05, 4.69) is 0 Å². The maximum absolute atomic E-state index is 14.7. The molecule has 2 unspecified atom stereocenters. The number of halogens is 3. The van der Waals surface area contributed by atoms with Crippen LogP contribution in [0.2, 0.25) is 0 Å². The fraction of sp³-hybridized carbons (Fsp3) is 0.381. The first-order valence-electron chi connectivity index (χ1n) is 9.08. The Labute approximate surface area is 164 Å². The van der Waals surface area contributed by atoms with Crippen LogP contribution in [0.4, 0.5) is 8.78 Å². The van der Waals surface area contributed by atoms with Gasteiger partial charge in [0.15, 0.2) is 0 Å². The summed E-state index contributed by atoms with van der Waals surface area (Å²) in [6, 6.07) is 13.7. The summed E-state index contributed by atoms with van der Waals surface area (Å²) < 4.78 is 28.8. The molecule has 27 heavy (non-hydrogen) atoms. The largest absolute Gasteiger partial charge is 0.368 e. The van der Waals surface area contributed by atoms with Crippen molar-refractivity contribution in [2.45, 2.75) is 43.4 Å². The molecule has 3 nitrogen and oxygen atoms in total. The molecule has 1 saturated heterocycles. The average Bonchev–Trinajstić information content (AvgIpc) is 3.38. The van der Waals surface area contributed by atoms with Gasteiger partial charge in [-0.15, -0.1) is 12.4 Å². The van der Waals surface area contributed by atoms with Crippen LogP contribution in [0.5, 0.6) is 0 Å². The van der Waals surface area contributed by atoms with Crippen molar-refractivity contribution in [2.75, 3.05) is 6.54 Å². The van der Waals surface area contributed by atoms with Crippen LogP contribution in [-0.4, -0.2) is 29.6 Å². The van der Waals surface area contributed by atoms with Crippen LogP contribution >= 0.6 is 12.4 Å². The van der Waals surface area contributed by atoms with Crippen LogP contribution in [0.15, 0.2) is 48.5 Å². The van der Waals surface area contributed by atoms with Gasteiger partial charge < -0.3 is 5.73 Å². The predicted octanol–water partition coefficient (Wildman–Crippen LogP) is 4.11. The second kappa shape index (κ2) is 7.95. The molecule has 6 heteroatoms. The quantitative estimate of drug-likeness (QED) is 0.832. The molecule has 2 aromatic rings. The maximum atomic E-state index is 14.7. The van der Waals surface area contributed by atoms with Crippen LogP contribution in [0, 0.1) is 5.82 Å². The van der Waals surface area contributed by atoms with Gasteiger partial charge in [-0.2, -0.15) is 0 Å². The van der Waals surface area contributed by atoms with Gasteiger partial charge in [-0.1, -0.05) is 42.5 Å². The molecule has 0 spiro atoms. The number of hydrogen-bond acceptors (Lipinski definition) is 2. The van der Waals surface area contributed by atoms with Crippen molar-refractivity contribution in [3.63, 3.8) is 0 Å². The number of hydrogen-bond donors (Lipinski definition) is 1. The van der Waals surface area contributed by atoms with E-state index in [9.17, 15) is 13.6 Å². The number of benzene rings is 2. The van der Waals surface area contributed by atoms with Gasteiger partial charge in [0.25, 0.3) is 0 Å². The van der Waals surface area contributed by atoms with Crippen LogP contribution in [0.1, 0.15) is 47.9 Å². The number of carbonyl (C=O) groups excluding carboxylic acids is 1. The second-order valence-corrected chi connectivity index (χ2v) is 7.32. The van der Waals surface area contributed by atoms with Crippen LogP contribution in [0.3, 0.4) is 0 Å². The third-order valence-corrected chi connectivity index (χ3v) is 5.42. The molecule has 144 valence electrons. The molecule has 0 aromatic heterocycles. The average molecular weight is 393 g/mol. The standard InChI is InChI=1S/C21H22F2N2O.ClH/c22-16-11-19(21(24)26)25(12-16)20(14-4-2-1-3-5-14)15-8-9-17(13-6-7-13)18(23)10-15;/h1-5,8-10,13,16,19-20H,6-7,11-12H2,(H2,24,26);1H/t16?,19?,20-;/m0./s1. The Balaban J connectivity index is 0.00000210. The summed E-state index contributed by atoms with van der Waals surface area (Å²) in [6.07, 6.45) is 1.02. The van der Waals surface area contributed by atoms with Crippen LogP contribution < -0.4 is 5.73 Å². The summed E-state index contributed by atoms with van der Waals surface area (Å²) in [7, 11) is 0. The lowest BCUT2D eigenvalue weighted by Gasteiger charge is -2.32. The lowest BCUT2D eigenvalue weighted by molar-refractivity contribution is -0.122. The molecule has 1 saturated carbocycles. The van der Waals surface area contributed by atoms with Crippen molar-refractivity contribution in [3.8, 4) is 0 Å². The monoisotopic (exact) mass is 392 g/mol. The highest BCUT2D eigenvalue weighted by molar-refractivity contribution is 5.85. The first kappa shape index (κ1) is 19.8. The number of rotatable bonds is 5. The fourth-order valence-corrected chi connectivity index (χ4v) is 4.02. The highest BCUT2D eigenvalue weighted by atomic mass is 35.5. The Bertz CT molecular complexity index is 813. The molecule has 1 amide bonds. The normalized spacial score (nSPS) is 23.6. The van der Waals surface area contributed by atoms with Gasteiger partial charge in [-0.25, -0.2) is 8.78 Å². The van der Waals surface area contributed by atoms with Crippen LogP contribution in [0.25, 0.3) is 0 Å². The van der Waals surface area contributed by atoms with Gasteiger partial charge in [-0.05, 0) is 41.5 Å². The highest BCUT2D eigenvalue weighted by Gasteiger charge is 2.41. The van der Waals surface area contributed by atoms with Gasteiger partial charge in [0.05, 0.1) is 12.1 Å². The van der Waals surface area contributed by atoms with E-state index in [1.54, 1.807) is 4.90 Å². The SMILES string of the molecule is Cl.NC(=O)C1CC(F)CN1[C@@H](c1ccccc1)c1ccc(C2CC2)c(F)c1. The number of nitrogens with zero attached hydrogens (tertiary/aromatic N) is 1. The van der Waals surface area contributed by atoms with E-state index >= 15 is 0 Å². The van der Waals surface area contributed by atoms with E-state index in [-0.39, 0.29) is 31.2 Å². The van der Waals surface area contributed by atoms with E-state index in [1.807, 2.05) is 42.5 Å².